The molecule has 3 nitrogen and oxygen atoms in total. The summed E-state index contributed by atoms with van der Waals surface area (Å²) >= 11 is 0. The molecular weight excluding hydrogens is 176 g/mol. The molecule has 1 aliphatic rings. The van der Waals surface area contributed by atoms with E-state index in [1.807, 2.05) is 0 Å². The van der Waals surface area contributed by atoms with Crippen molar-refractivity contribution in [3.63, 3.8) is 0 Å². The smallest absolute Gasteiger partial charge is 0.220 e. The molecule has 0 spiro atoms. The Morgan fingerprint density at radius 2 is 2.29 bits per heavy atom. The lowest BCUT2D eigenvalue weighted by molar-refractivity contribution is -0.121. The lowest BCUT2D eigenvalue weighted by Gasteiger charge is -2.14. The van der Waals surface area contributed by atoms with Gasteiger partial charge in [-0.1, -0.05) is 20.3 Å². The number of nitrogens with zero attached hydrogens (tertiary/aromatic N) is 1. The summed E-state index contributed by atoms with van der Waals surface area (Å²) in [4.78, 5) is 13.8. The molecular formula is C11H22N2O. The summed E-state index contributed by atoms with van der Waals surface area (Å²) in [7, 11) is 0. The molecule has 0 radical (unpaired) electrons. The third kappa shape index (κ3) is 3.66. The molecule has 14 heavy (non-hydrogen) atoms. The molecule has 0 saturated carbocycles. The van der Waals surface area contributed by atoms with Crippen LogP contribution in [0.25, 0.3) is 0 Å². The Morgan fingerprint density at radius 1 is 1.50 bits per heavy atom. The SMILES string of the molecule is CCCCC(=O)NC1CCN(CC)C1. The van der Waals surface area contributed by atoms with Gasteiger partial charge in [0.15, 0.2) is 0 Å². The number of unbranched alkanes of at least 4 members (excludes halogenated alkanes) is 1. The molecule has 1 amide bonds. The van der Waals surface area contributed by atoms with Crippen LogP contribution in [0.3, 0.4) is 0 Å². The van der Waals surface area contributed by atoms with Crippen LogP contribution in [0.4, 0.5) is 0 Å². The van der Waals surface area contributed by atoms with E-state index in [9.17, 15) is 4.79 Å². The normalized spacial score (nSPS) is 22.6. The Bertz CT molecular complexity index is 182. The van der Waals surface area contributed by atoms with Crippen molar-refractivity contribution >= 4 is 5.91 Å². The van der Waals surface area contributed by atoms with E-state index in [0.29, 0.717) is 12.5 Å². The maximum absolute atomic E-state index is 11.4. The number of hydrogen-bond donors (Lipinski definition) is 1. The molecule has 1 aliphatic heterocycles. The largest absolute Gasteiger partial charge is 0.352 e. The van der Waals surface area contributed by atoms with Gasteiger partial charge >= 0.3 is 0 Å². The molecule has 1 fully saturated rings. The van der Waals surface area contributed by atoms with Crippen molar-refractivity contribution in [1.82, 2.24) is 10.2 Å². The van der Waals surface area contributed by atoms with Gasteiger partial charge in [0.1, 0.15) is 0 Å². The Labute approximate surface area is 86.9 Å². The maximum atomic E-state index is 11.4. The van der Waals surface area contributed by atoms with Gasteiger partial charge in [-0.25, -0.2) is 0 Å². The Hall–Kier alpha value is -0.570. The average molecular weight is 198 g/mol. The van der Waals surface area contributed by atoms with Crippen LogP contribution >= 0.6 is 0 Å². The van der Waals surface area contributed by atoms with Crippen LogP contribution in [0, 0.1) is 0 Å². The number of nitrogens with one attached hydrogen (secondary N) is 1. The standard InChI is InChI=1S/C11H22N2O/c1-3-5-6-11(14)12-10-7-8-13(4-2)9-10/h10H,3-9H2,1-2H3,(H,12,14). The first-order valence-electron chi connectivity index (χ1n) is 5.78. The first-order valence-corrected chi connectivity index (χ1v) is 5.78. The highest BCUT2D eigenvalue weighted by molar-refractivity contribution is 5.76. The summed E-state index contributed by atoms with van der Waals surface area (Å²) in [5.74, 6) is 0.231. The van der Waals surface area contributed by atoms with E-state index in [1.54, 1.807) is 0 Å². The van der Waals surface area contributed by atoms with E-state index < -0.39 is 0 Å². The molecule has 0 aliphatic carbocycles. The Morgan fingerprint density at radius 3 is 2.86 bits per heavy atom. The van der Waals surface area contributed by atoms with Gasteiger partial charge < -0.3 is 10.2 Å². The zero-order valence-electron chi connectivity index (χ0n) is 9.38. The fraction of sp³-hybridized carbons (Fsp3) is 0.909. The third-order valence-electron chi connectivity index (χ3n) is 2.84. The number of carbonyl (C=O) groups is 1. The predicted molar refractivity (Wildman–Crippen MR) is 58.2 cm³/mol. The minimum Gasteiger partial charge on any atom is -0.352 e. The average Bonchev–Trinajstić information content (AvgIpc) is 2.62. The van der Waals surface area contributed by atoms with Gasteiger partial charge in [-0.15, -0.1) is 0 Å². The lowest BCUT2D eigenvalue weighted by atomic mass is 10.2. The third-order valence-corrected chi connectivity index (χ3v) is 2.84. The summed E-state index contributed by atoms with van der Waals surface area (Å²) in [6, 6.07) is 0.402. The van der Waals surface area contributed by atoms with Crippen LogP contribution in [0.1, 0.15) is 39.5 Å². The quantitative estimate of drug-likeness (QED) is 0.724. The number of rotatable bonds is 5. The second kappa shape index (κ2) is 6.02. The van der Waals surface area contributed by atoms with Gasteiger partial charge in [0.25, 0.3) is 0 Å². The minimum atomic E-state index is 0.231. The predicted octanol–water partition coefficient (Wildman–Crippen LogP) is 1.39. The summed E-state index contributed by atoms with van der Waals surface area (Å²) in [5.41, 5.74) is 0. The minimum absolute atomic E-state index is 0.231. The Kier molecular flexibility index (Phi) is 4.94. The van der Waals surface area contributed by atoms with Crippen molar-refractivity contribution in [3.05, 3.63) is 0 Å². The molecule has 1 heterocycles. The first-order chi connectivity index (χ1) is 6.76. The molecule has 0 bridgehead atoms. The highest BCUT2D eigenvalue weighted by Crippen LogP contribution is 2.08. The van der Waals surface area contributed by atoms with Gasteiger partial charge in [0, 0.05) is 25.6 Å². The van der Waals surface area contributed by atoms with Gasteiger partial charge in [0.2, 0.25) is 5.91 Å². The van der Waals surface area contributed by atoms with Crippen LogP contribution in [0.5, 0.6) is 0 Å². The van der Waals surface area contributed by atoms with Crippen molar-refractivity contribution < 1.29 is 4.79 Å². The van der Waals surface area contributed by atoms with Crippen molar-refractivity contribution in [2.75, 3.05) is 19.6 Å². The first kappa shape index (κ1) is 11.5. The molecule has 1 N–H and O–H groups in total. The van der Waals surface area contributed by atoms with Crippen LogP contribution in [-0.2, 0) is 4.79 Å². The monoisotopic (exact) mass is 198 g/mol. The topological polar surface area (TPSA) is 32.3 Å². The molecule has 82 valence electrons. The van der Waals surface area contributed by atoms with Crippen molar-refractivity contribution in [2.45, 2.75) is 45.6 Å². The number of amides is 1. The number of carbonyl (C=O) groups excluding carboxylic acids is 1. The van der Waals surface area contributed by atoms with E-state index in [2.05, 4.69) is 24.1 Å². The van der Waals surface area contributed by atoms with E-state index in [0.717, 1.165) is 38.9 Å². The fourth-order valence-electron chi connectivity index (χ4n) is 1.87. The summed E-state index contributed by atoms with van der Waals surface area (Å²) in [6.45, 7) is 7.55. The van der Waals surface area contributed by atoms with Crippen LogP contribution in [-0.4, -0.2) is 36.5 Å². The van der Waals surface area contributed by atoms with Crippen LogP contribution in [0.15, 0.2) is 0 Å². The molecule has 1 unspecified atom stereocenters. The van der Waals surface area contributed by atoms with Crippen molar-refractivity contribution in [2.24, 2.45) is 0 Å². The highest BCUT2D eigenvalue weighted by Gasteiger charge is 2.21. The second-order valence-electron chi connectivity index (χ2n) is 4.05. The second-order valence-corrected chi connectivity index (χ2v) is 4.05. The summed E-state index contributed by atoms with van der Waals surface area (Å²) in [6.07, 6.45) is 3.92. The zero-order chi connectivity index (χ0) is 10.4. The fourth-order valence-corrected chi connectivity index (χ4v) is 1.87. The molecule has 0 aromatic rings. The Balaban J connectivity index is 2.15. The van der Waals surface area contributed by atoms with E-state index in [1.165, 1.54) is 0 Å². The number of likely N-dealkylation sites (N-methyl/N-ethyl adjacent to an activating group) is 1. The molecule has 1 atom stereocenters. The molecule has 1 rings (SSSR count). The molecule has 3 heteroatoms. The van der Waals surface area contributed by atoms with Crippen LogP contribution in [0.2, 0.25) is 0 Å². The van der Waals surface area contributed by atoms with Gasteiger partial charge in [-0.05, 0) is 19.4 Å². The number of likely N-dealkylation sites (tertiary alicyclic amines) is 1. The molecule has 0 aromatic heterocycles. The molecule has 0 aromatic carbocycles. The van der Waals surface area contributed by atoms with Crippen molar-refractivity contribution in [1.29, 1.82) is 0 Å². The van der Waals surface area contributed by atoms with E-state index in [4.69, 9.17) is 0 Å². The van der Waals surface area contributed by atoms with Gasteiger partial charge in [0.05, 0.1) is 0 Å². The summed E-state index contributed by atoms with van der Waals surface area (Å²) < 4.78 is 0. The number of hydrogen-bond acceptors (Lipinski definition) is 2. The van der Waals surface area contributed by atoms with E-state index in [-0.39, 0.29) is 5.91 Å². The van der Waals surface area contributed by atoms with Gasteiger partial charge in [-0.2, -0.15) is 0 Å². The summed E-state index contributed by atoms with van der Waals surface area (Å²) in [5, 5.41) is 3.10. The van der Waals surface area contributed by atoms with Crippen LogP contribution < -0.4 is 5.32 Å². The van der Waals surface area contributed by atoms with Gasteiger partial charge in [-0.3, -0.25) is 4.79 Å². The van der Waals surface area contributed by atoms with Crippen molar-refractivity contribution in [3.8, 4) is 0 Å². The van der Waals surface area contributed by atoms with E-state index >= 15 is 0 Å². The lowest BCUT2D eigenvalue weighted by Crippen LogP contribution is -2.36. The zero-order valence-corrected chi connectivity index (χ0v) is 9.38. The maximum Gasteiger partial charge on any atom is 0.220 e. The molecule has 1 saturated heterocycles. The highest BCUT2D eigenvalue weighted by atomic mass is 16.1.